The van der Waals surface area contributed by atoms with Gasteiger partial charge in [0.2, 0.25) is 0 Å². The number of benzene rings is 2. The Morgan fingerprint density at radius 3 is 1.36 bits per heavy atom. The monoisotopic (exact) mass is 579 g/mol. The summed E-state index contributed by atoms with van der Waals surface area (Å²) in [5.41, 5.74) is 13.1. The van der Waals surface area contributed by atoms with Crippen molar-refractivity contribution in [3.05, 3.63) is 47.5 Å². The molecule has 12 heteroatoms. The maximum absolute atomic E-state index is 11.2. The molecule has 0 amide bonds. The number of aldehydes is 1. The molecule has 0 saturated carbocycles. The molecule has 0 atom stereocenters. The summed E-state index contributed by atoms with van der Waals surface area (Å²) in [6.45, 7) is 5.47. The van der Waals surface area contributed by atoms with E-state index >= 15 is 0 Å². The minimum absolute atomic E-state index is 0.278. The van der Waals surface area contributed by atoms with Crippen molar-refractivity contribution in [3.63, 3.8) is 0 Å². The van der Waals surface area contributed by atoms with Crippen LogP contribution in [0.4, 0.5) is 11.4 Å². The van der Waals surface area contributed by atoms with E-state index in [1.54, 1.807) is 50.2 Å². The third-order valence-corrected chi connectivity index (χ3v) is 4.02. The van der Waals surface area contributed by atoms with Gasteiger partial charge in [0.1, 0.15) is 0 Å². The zero-order chi connectivity index (χ0) is 26.0. The van der Waals surface area contributed by atoms with Gasteiger partial charge in [-0.15, -0.1) is 25.3 Å². The van der Waals surface area contributed by atoms with Crippen molar-refractivity contribution >= 4 is 60.6 Å². The van der Waals surface area contributed by atoms with E-state index in [1.165, 1.54) is 6.92 Å². The third kappa shape index (κ3) is 14.3. The molecule has 9 nitrogen and oxygen atoms in total. The van der Waals surface area contributed by atoms with E-state index in [0.29, 0.717) is 45.5 Å². The maximum atomic E-state index is 11.2. The Morgan fingerprint density at radius 2 is 1.15 bits per heavy atom. The van der Waals surface area contributed by atoms with E-state index in [-0.39, 0.29) is 18.2 Å². The molecule has 0 bridgehead atoms. The van der Waals surface area contributed by atoms with Gasteiger partial charge < -0.3 is 20.9 Å². The number of nitrogen functional groups attached to an aromatic ring is 2. The molecule has 0 aliphatic rings. The fourth-order valence-electron chi connectivity index (χ4n) is 1.77. The minimum atomic E-state index is -0.426. The molecular weight excluding hydrogens is 554 g/mol. The SMILES string of the molecule is CC(=O)C=O.CCOC(=O)c1ccc(N)c(S)c1.CCOC(=O)c1ccc(N)c(S)c1.[O]=[Tc]. The van der Waals surface area contributed by atoms with Crippen LogP contribution in [-0.2, 0) is 41.4 Å². The number of thiol groups is 2. The Morgan fingerprint density at radius 1 is 0.848 bits per heavy atom. The standard InChI is InChI=1S/2C9H11NO2S.C3H4O2.O.Tc/c2*1-2-12-9(11)6-3-4-7(10)8(13)5-6;1-3(5)2-4;;/h2*3-5,13H,2,10H2,1H3;2H,1H3;;. The number of ketones is 1. The van der Waals surface area contributed by atoms with E-state index < -0.39 is 5.78 Å². The number of carbonyl (C=O) groups excluding carboxylic acids is 4. The summed E-state index contributed by atoms with van der Waals surface area (Å²) in [6.07, 6.45) is 0.278. The van der Waals surface area contributed by atoms with Crippen LogP contribution >= 0.6 is 25.3 Å². The topological polar surface area (TPSA) is 156 Å². The second-order valence-electron chi connectivity index (χ2n) is 5.72. The van der Waals surface area contributed by atoms with E-state index in [4.69, 9.17) is 29.2 Å². The summed E-state index contributed by atoms with van der Waals surface area (Å²) < 4.78 is 17.8. The number of hydrogen-bond acceptors (Lipinski definition) is 11. The van der Waals surface area contributed by atoms with Gasteiger partial charge in [0, 0.05) is 28.1 Å². The van der Waals surface area contributed by atoms with Crippen LogP contribution in [0, 0.1) is 0 Å². The van der Waals surface area contributed by atoms with Gasteiger partial charge >= 0.3 is 34.3 Å². The first-order valence-corrected chi connectivity index (χ1v) is 10.8. The van der Waals surface area contributed by atoms with Crippen LogP contribution in [0.1, 0.15) is 41.5 Å². The predicted molar refractivity (Wildman–Crippen MR) is 126 cm³/mol. The summed E-state index contributed by atoms with van der Waals surface area (Å²) in [7, 11) is 0. The Balaban J connectivity index is 0. The average Bonchev–Trinajstić information content (AvgIpc) is 2.80. The molecule has 33 heavy (non-hydrogen) atoms. The molecule has 0 spiro atoms. The van der Waals surface area contributed by atoms with E-state index in [2.05, 4.69) is 25.3 Å². The quantitative estimate of drug-likeness (QED) is 0.137. The van der Waals surface area contributed by atoms with Crippen LogP contribution in [-0.4, -0.2) is 37.2 Å². The molecule has 0 radical (unpaired) electrons. The summed E-state index contributed by atoms with van der Waals surface area (Å²) in [6, 6.07) is 9.69. The molecule has 2 aromatic carbocycles. The molecule has 2 aromatic rings. The normalized spacial score (nSPS) is 8.76. The van der Waals surface area contributed by atoms with Gasteiger partial charge in [0.15, 0.2) is 12.1 Å². The average molecular weight is 581 g/mol. The Labute approximate surface area is 213 Å². The Bertz CT molecular complexity index is 877. The van der Waals surface area contributed by atoms with Crippen molar-refractivity contribution in [2.24, 2.45) is 0 Å². The van der Waals surface area contributed by atoms with Crippen molar-refractivity contribution in [1.82, 2.24) is 0 Å². The van der Waals surface area contributed by atoms with Crippen LogP contribution in [0.3, 0.4) is 0 Å². The number of anilines is 2. The molecule has 4 N–H and O–H groups in total. The molecule has 0 unspecified atom stereocenters. The molecule has 0 aliphatic heterocycles. The second-order valence-corrected chi connectivity index (χ2v) is 6.68. The first kappa shape index (κ1) is 32.6. The summed E-state index contributed by atoms with van der Waals surface area (Å²) >= 11 is 9.09. The number of rotatable bonds is 5. The van der Waals surface area contributed by atoms with Crippen molar-refractivity contribution in [3.8, 4) is 0 Å². The number of hydrogen-bond donors (Lipinski definition) is 4. The van der Waals surface area contributed by atoms with Gasteiger partial charge in [0.25, 0.3) is 0 Å². The van der Waals surface area contributed by atoms with E-state index in [9.17, 15) is 14.4 Å². The summed E-state index contributed by atoms with van der Waals surface area (Å²) in [5.74, 6) is -1.12. The van der Waals surface area contributed by atoms with Gasteiger partial charge in [-0.3, -0.25) is 9.59 Å². The predicted octanol–water partition coefficient (Wildman–Crippen LogP) is 3.12. The van der Waals surface area contributed by atoms with E-state index in [1.807, 2.05) is 0 Å². The van der Waals surface area contributed by atoms with Crippen LogP contribution in [0.15, 0.2) is 46.2 Å². The molecular formula is C21H26N2O7S2Tc. The first-order valence-electron chi connectivity index (χ1n) is 9.19. The van der Waals surface area contributed by atoms with Gasteiger partial charge in [-0.2, -0.15) is 0 Å². The number of ether oxygens (including phenoxy) is 2. The number of nitrogens with two attached hydrogens (primary N) is 2. The molecule has 0 fully saturated rings. The van der Waals surface area contributed by atoms with Crippen molar-refractivity contribution < 1.29 is 51.0 Å². The number of esters is 2. The fraction of sp³-hybridized carbons (Fsp3) is 0.238. The van der Waals surface area contributed by atoms with Crippen molar-refractivity contribution in [2.45, 2.75) is 30.6 Å². The molecule has 0 saturated heterocycles. The zero-order valence-corrected chi connectivity index (χ0v) is 21.9. The zero-order valence-electron chi connectivity index (χ0n) is 18.2. The van der Waals surface area contributed by atoms with Gasteiger partial charge in [0.05, 0.1) is 24.3 Å². The fourth-order valence-corrected chi connectivity index (χ4v) is 2.20. The van der Waals surface area contributed by atoms with E-state index in [0.717, 1.165) is 18.9 Å². The second kappa shape index (κ2) is 19.0. The molecule has 181 valence electrons. The molecule has 2 rings (SSSR count). The van der Waals surface area contributed by atoms with Crippen LogP contribution in [0.5, 0.6) is 0 Å². The Kier molecular flexibility index (Phi) is 18.8. The van der Waals surface area contributed by atoms with Crippen molar-refractivity contribution in [1.29, 1.82) is 0 Å². The summed E-state index contributed by atoms with van der Waals surface area (Å²) in [4.78, 5) is 42.2. The van der Waals surface area contributed by atoms with Gasteiger partial charge in [-0.25, -0.2) is 9.59 Å². The van der Waals surface area contributed by atoms with Gasteiger partial charge in [-0.1, -0.05) is 0 Å². The van der Waals surface area contributed by atoms with Crippen molar-refractivity contribution in [2.75, 3.05) is 24.7 Å². The Hall–Kier alpha value is -2.53. The molecule has 0 aromatic heterocycles. The molecule has 0 aliphatic carbocycles. The third-order valence-electron chi connectivity index (χ3n) is 3.25. The van der Waals surface area contributed by atoms with Gasteiger partial charge in [-0.05, 0) is 50.2 Å². The first-order chi connectivity index (χ1) is 15.6. The summed E-state index contributed by atoms with van der Waals surface area (Å²) in [5, 5.41) is 0. The van der Waals surface area contributed by atoms with Crippen LogP contribution < -0.4 is 11.5 Å². The molecule has 0 heterocycles. The number of carbonyl (C=O) groups is 4. The van der Waals surface area contributed by atoms with Crippen LogP contribution in [0.2, 0.25) is 0 Å². The number of Topliss-reactive ketones (excluding diaryl/α,β-unsaturated/α-hetero) is 1. The van der Waals surface area contributed by atoms with Crippen LogP contribution in [0.25, 0.3) is 0 Å².